The summed E-state index contributed by atoms with van der Waals surface area (Å²) in [6.07, 6.45) is 0. The van der Waals surface area contributed by atoms with Gasteiger partial charge < -0.3 is 9.47 Å². The van der Waals surface area contributed by atoms with Crippen LogP contribution in [0.3, 0.4) is 0 Å². The molecule has 1 aromatic heterocycles. The van der Waals surface area contributed by atoms with Crippen LogP contribution in [0.1, 0.15) is 5.56 Å². The van der Waals surface area contributed by atoms with Crippen LogP contribution in [0.15, 0.2) is 28.3 Å². The molecule has 8 heteroatoms. The second kappa shape index (κ2) is 6.41. The van der Waals surface area contributed by atoms with Gasteiger partial charge in [0, 0.05) is 4.90 Å². The zero-order chi connectivity index (χ0) is 14.5. The maximum atomic E-state index is 8.80. The first kappa shape index (κ1) is 14.4. The first-order chi connectivity index (χ1) is 9.66. The summed E-state index contributed by atoms with van der Waals surface area (Å²) in [4.78, 5) is 12.8. The lowest BCUT2D eigenvalue weighted by Crippen LogP contribution is -2.00. The third-order valence-electron chi connectivity index (χ3n) is 2.20. The highest BCUT2D eigenvalue weighted by Gasteiger charge is 2.11. The van der Waals surface area contributed by atoms with E-state index in [1.807, 2.05) is 6.07 Å². The van der Waals surface area contributed by atoms with Crippen LogP contribution >= 0.6 is 23.4 Å². The van der Waals surface area contributed by atoms with Crippen molar-refractivity contribution in [3.05, 3.63) is 28.8 Å². The van der Waals surface area contributed by atoms with Crippen molar-refractivity contribution >= 4 is 23.4 Å². The highest BCUT2D eigenvalue weighted by molar-refractivity contribution is 7.99. The highest BCUT2D eigenvalue weighted by atomic mass is 35.5. The minimum absolute atomic E-state index is 0.157. The van der Waals surface area contributed by atoms with Crippen molar-refractivity contribution in [2.45, 2.75) is 10.1 Å². The number of hydrogen-bond acceptors (Lipinski definition) is 7. The fraction of sp³-hybridized carbons (Fsp3) is 0.167. The molecule has 0 aliphatic carbocycles. The third kappa shape index (κ3) is 3.29. The van der Waals surface area contributed by atoms with Crippen LogP contribution in [0.2, 0.25) is 5.02 Å². The average molecular weight is 309 g/mol. The van der Waals surface area contributed by atoms with Crippen LogP contribution in [0.4, 0.5) is 0 Å². The number of ether oxygens (including phenoxy) is 2. The molecule has 1 aromatic carbocycles. The maximum Gasteiger partial charge on any atom is 0.323 e. The van der Waals surface area contributed by atoms with Gasteiger partial charge in [0.15, 0.2) is 0 Å². The molecule has 0 saturated heterocycles. The van der Waals surface area contributed by atoms with Crippen molar-refractivity contribution in [1.29, 1.82) is 5.26 Å². The van der Waals surface area contributed by atoms with Crippen LogP contribution in [-0.4, -0.2) is 29.2 Å². The number of nitriles is 1. The van der Waals surface area contributed by atoms with E-state index in [2.05, 4.69) is 15.0 Å². The normalized spacial score (nSPS) is 9.90. The molecule has 0 bridgehead atoms. The highest BCUT2D eigenvalue weighted by Crippen LogP contribution is 2.32. The Hall–Kier alpha value is -2.04. The molecule has 20 heavy (non-hydrogen) atoms. The van der Waals surface area contributed by atoms with Crippen molar-refractivity contribution in [2.24, 2.45) is 0 Å². The van der Waals surface area contributed by atoms with Gasteiger partial charge in [-0.1, -0.05) is 11.6 Å². The molecule has 0 unspecified atom stereocenters. The van der Waals surface area contributed by atoms with Gasteiger partial charge in [0.05, 0.1) is 30.9 Å². The van der Waals surface area contributed by atoms with Crippen LogP contribution in [0, 0.1) is 11.3 Å². The van der Waals surface area contributed by atoms with Gasteiger partial charge in [-0.2, -0.15) is 15.2 Å². The molecular weight excluding hydrogens is 300 g/mol. The van der Waals surface area contributed by atoms with Gasteiger partial charge in [0.2, 0.25) is 5.16 Å². The zero-order valence-corrected chi connectivity index (χ0v) is 12.2. The largest absolute Gasteiger partial charge is 0.467 e. The Morgan fingerprint density at radius 2 is 1.80 bits per heavy atom. The number of hydrogen-bond donors (Lipinski definition) is 0. The van der Waals surface area contributed by atoms with Crippen molar-refractivity contribution in [3.63, 3.8) is 0 Å². The minimum atomic E-state index is 0.157. The van der Waals surface area contributed by atoms with Crippen LogP contribution in [0.25, 0.3) is 0 Å². The molecule has 1 heterocycles. The summed E-state index contributed by atoms with van der Waals surface area (Å²) in [7, 11) is 2.91. The number of methoxy groups -OCH3 is 2. The van der Waals surface area contributed by atoms with E-state index in [4.69, 9.17) is 26.3 Å². The molecule has 0 amide bonds. The number of halogens is 1. The summed E-state index contributed by atoms with van der Waals surface area (Å²) in [5, 5.41) is 9.64. The molecular formula is C12H9ClN4O2S. The molecule has 0 fully saturated rings. The van der Waals surface area contributed by atoms with E-state index in [1.165, 1.54) is 26.0 Å². The molecule has 0 saturated carbocycles. The number of benzene rings is 1. The standard InChI is InChI=1S/C12H9ClN4O2S/c1-18-10-15-11(19-2)17-12(16-10)20-9-4-3-7(6-14)5-8(9)13/h3-5H,1-2H3. The number of rotatable bonds is 4. The summed E-state index contributed by atoms with van der Waals surface area (Å²) in [6.45, 7) is 0. The third-order valence-corrected chi connectivity index (χ3v) is 3.57. The summed E-state index contributed by atoms with van der Waals surface area (Å²) in [5.74, 6) is 0. The van der Waals surface area contributed by atoms with E-state index in [-0.39, 0.29) is 12.0 Å². The van der Waals surface area contributed by atoms with Gasteiger partial charge >= 0.3 is 12.0 Å². The van der Waals surface area contributed by atoms with Gasteiger partial charge in [-0.05, 0) is 30.0 Å². The molecule has 102 valence electrons. The molecule has 0 aliphatic rings. The van der Waals surface area contributed by atoms with Crippen molar-refractivity contribution in [3.8, 4) is 18.1 Å². The summed E-state index contributed by atoms with van der Waals surface area (Å²) in [5.41, 5.74) is 0.491. The Labute approximate surface area is 124 Å². The van der Waals surface area contributed by atoms with E-state index in [0.717, 1.165) is 4.90 Å². The number of nitrogens with zero attached hydrogens (tertiary/aromatic N) is 4. The monoisotopic (exact) mass is 308 g/mol. The molecule has 0 radical (unpaired) electrons. The maximum absolute atomic E-state index is 8.80. The quantitative estimate of drug-likeness (QED) is 0.858. The van der Waals surface area contributed by atoms with Crippen LogP contribution in [-0.2, 0) is 0 Å². The summed E-state index contributed by atoms with van der Waals surface area (Å²) < 4.78 is 9.94. The molecule has 0 N–H and O–H groups in total. The lowest BCUT2D eigenvalue weighted by molar-refractivity contribution is 0.332. The van der Waals surface area contributed by atoms with Crippen LogP contribution in [0.5, 0.6) is 12.0 Å². The molecule has 0 atom stereocenters. The fourth-order valence-electron chi connectivity index (χ4n) is 1.30. The molecule has 0 aliphatic heterocycles. The second-order valence-corrected chi connectivity index (χ2v) is 4.87. The van der Waals surface area contributed by atoms with Gasteiger partial charge in [0.25, 0.3) is 0 Å². The summed E-state index contributed by atoms with van der Waals surface area (Å²) in [6, 6.07) is 7.32. The van der Waals surface area contributed by atoms with E-state index in [1.54, 1.807) is 18.2 Å². The Bertz CT molecular complexity index is 653. The Morgan fingerprint density at radius 1 is 1.15 bits per heavy atom. The molecule has 2 rings (SSSR count). The summed E-state index contributed by atoms with van der Waals surface area (Å²) >= 11 is 7.33. The number of aromatic nitrogens is 3. The van der Waals surface area contributed by atoms with Crippen molar-refractivity contribution in [1.82, 2.24) is 15.0 Å². The van der Waals surface area contributed by atoms with Gasteiger partial charge in [-0.3, -0.25) is 0 Å². The Kier molecular flexibility index (Phi) is 4.61. The molecule has 2 aromatic rings. The first-order valence-electron chi connectivity index (χ1n) is 5.38. The minimum Gasteiger partial charge on any atom is -0.467 e. The predicted molar refractivity (Wildman–Crippen MR) is 73.2 cm³/mol. The van der Waals surface area contributed by atoms with Crippen molar-refractivity contribution in [2.75, 3.05) is 14.2 Å². The SMILES string of the molecule is COc1nc(OC)nc(Sc2ccc(C#N)cc2Cl)n1. The molecule has 0 spiro atoms. The lowest BCUT2D eigenvalue weighted by atomic mass is 10.2. The van der Waals surface area contributed by atoms with E-state index >= 15 is 0 Å². The Balaban J connectivity index is 2.32. The van der Waals surface area contributed by atoms with Gasteiger partial charge in [-0.15, -0.1) is 4.98 Å². The topological polar surface area (TPSA) is 80.9 Å². The van der Waals surface area contributed by atoms with Crippen molar-refractivity contribution < 1.29 is 9.47 Å². The second-order valence-electron chi connectivity index (χ2n) is 3.45. The average Bonchev–Trinajstić information content (AvgIpc) is 2.48. The Morgan fingerprint density at radius 3 is 2.30 bits per heavy atom. The van der Waals surface area contributed by atoms with Crippen LogP contribution < -0.4 is 9.47 Å². The fourth-order valence-corrected chi connectivity index (χ4v) is 2.33. The molecule has 6 nitrogen and oxygen atoms in total. The van der Waals surface area contributed by atoms with Gasteiger partial charge in [-0.25, -0.2) is 0 Å². The van der Waals surface area contributed by atoms with E-state index < -0.39 is 0 Å². The smallest absolute Gasteiger partial charge is 0.323 e. The van der Waals surface area contributed by atoms with E-state index in [9.17, 15) is 0 Å². The lowest BCUT2D eigenvalue weighted by Gasteiger charge is -2.06. The first-order valence-corrected chi connectivity index (χ1v) is 6.57. The predicted octanol–water partition coefficient (Wildman–Crippen LogP) is 2.57. The van der Waals surface area contributed by atoms with Gasteiger partial charge in [0.1, 0.15) is 0 Å². The zero-order valence-electron chi connectivity index (χ0n) is 10.6. The van der Waals surface area contributed by atoms with E-state index in [0.29, 0.717) is 15.7 Å².